The van der Waals surface area contributed by atoms with Gasteiger partial charge < -0.3 is 5.11 Å². The first kappa shape index (κ1) is 13.6. The van der Waals surface area contributed by atoms with Gasteiger partial charge in [-0.3, -0.25) is 5.32 Å². The highest BCUT2D eigenvalue weighted by atomic mass is 28.3. The molecule has 0 bridgehead atoms. The van der Waals surface area contributed by atoms with Crippen molar-refractivity contribution < 1.29 is 23.1 Å². The molecule has 1 aromatic carbocycles. The molecular formula is C10H12F3NO2Si. The molecule has 0 saturated heterocycles. The van der Waals surface area contributed by atoms with Gasteiger partial charge in [0.1, 0.15) is 5.82 Å². The van der Waals surface area contributed by atoms with E-state index in [1.807, 2.05) is 0 Å². The van der Waals surface area contributed by atoms with Crippen LogP contribution in [0.1, 0.15) is 0 Å². The van der Waals surface area contributed by atoms with E-state index >= 15 is 0 Å². The second kappa shape index (κ2) is 4.40. The van der Waals surface area contributed by atoms with Crippen molar-refractivity contribution in [3.8, 4) is 0 Å². The van der Waals surface area contributed by atoms with Gasteiger partial charge in [-0.15, -0.1) is 0 Å². The number of hydrogen-bond donors (Lipinski definition) is 2. The number of rotatable bonds is 2. The Morgan fingerprint density at radius 2 is 1.76 bits per heavy atom. The van der Waals surface area contributed by atoms with Crippen molar-refractivity contribution in [1.29, 1.82) is 0 Å². The van der Waals surface area contributed by atoms with E-state index in [0.29, 0.717) is 6.07 Å². The van der Waals surface area contributed by atoms with Crippen molar-refractivity contribution in [2.75, 3.05) is 5.32 Å². The van der Waals surface area contributed by atoms with Gasteiger partial charge in [0.2, 0.25) is 0 Å². The Morgan fingerprint density at radius 1 is 1.24 bits per heavy atom. The zero-order chi connectivity index (χ0) is 13.4. The fourth-order valence-electron chi connectivity index (χ4n) is 1.49. The Labute approximate surface area is 97.3 Å². The summed E-state index contributed by atoms with van der Waals surface area (Å²) in [6, 6.07) is 0.667. The standard InChI is InChI=1S/C10H12F3NO2Si/c1-17(2,3)9-5(11)4-6(14-10(15)16)7(12)8(9)13/h4,14H,1-3H3,(H,15,16). The van der Waals surface area contributed by atoms with Crippen LogP contribution in [-0.2, 0) is 0 Å². The average molecular weight is 263 g/mol. The van der Waals surface area contributed by atoms with Crippen LogP contribution >= 0.6 is 0 Å². The molecule has 1 aromatic rings. The van der Waals surface area contributed by atoms with E-state index in [2.05, 4.69) is 0 Å². The summed E-state index contributed by atoms with van der Waals surface area (Å²) in [5, 5.41) is 9.73. The predicted molar refractivity (Wildman–Crippen MR) is 60.9 cm³/mol. The normalized spacial score (nSPS) is 11.4. The van der Waals surface area contributed by atoms with Crippen LogP contribution < -0.4 is 10.5 Å². The summed E-state index contributed by atoms with van der Waals surface area (Å²) in [5.41, 5.74) is -0.713. The predicted octanol–water partition coefficient (Wildman–Crippen LogP) is 2.74. The molecule has 0 unspecified atom stereocenters. The number of halogens is 3. The first-order valence-electron chi connectivity index (χ1n) is 4.82. The molecule has 0 fully saturated rings. The molecule has 0 heterocycles. The van der Waals surface area contributed by atoms with E-state index in [9.17, 15) is 18.0 Å². The van der Waals surface area contributed by atoms with Crippen LogP contribution in [-0.4, -0.2) is 19.3 Å². The van der Waals surface area contributed by atoms with Crippen molar-refractivity contribution in [3.63, 3.8) is 0 Å². The van der Waals surface area contributed by atoms with Crippen molar-refractivity contribution in [1.82, 2.24) is 0 Å². The highest BCUT2D eigenvalue weighted by Crippen LogP contribution is 2.20. The second-order valence-electron chi connectivity index (χ2n) is 4.59. The minimum atomic E-state index is -2.38. The Morgan fingerprint density at radius 3 is 2.18 bits per heavy atom. The fraction of sp³-hybridized carbons (Fsp3) is 0.300. The molecule has 3 nitrogen and oxygen atoms in total. The summed E-state index contributed by atoms with van der Waals surface area (Å²) in [5.74, 6) is -3.61. The van der Waals surface area contributed by atoms with Crippen LogP contribution in [0.25, 0.3) is 0 Å². The highest BCUT2D eigenvalue weighted by molar-refractivity contribution is 6.88. The van der Waals surface area contributed by atoms with E-state index in [1.165, 1.54) is 0 Å². The molecule has 0 radical (unpaired) electrons. The Kier molecular flexibility index (Phi) is 3.51. The lowest BCUT2D eigenvalue weighted by atomic mass is 10.3. The zero-order valence-corrected chi connectivity index (χ0v) is 10.6. The highest BCUT2D eigenvalue weighted by Gasteiger charge is 2.29. The molecule has 2 N–H and O–H groups in total. The van der Waals surface area contributed by atoms with E-state index in [4.69, 9.17) is 5.11 Å². The Hall–Kier alpha value is -1.50. The van der Waals surface area contributed by atoms with Crippen molar-refractivity contribution in [3.05, 3.63) is 23.5 Å². The van der Waals surface area contributed by atoms with E-state index in [-0.39, 0.29) is 5.19 Å². The van der Waals surface area contributed by atoms with Crippen LogP contribution in [0.4, 0.5) is 23.7 Å². The van der Waals surface area contributed by atoms with Crippen molar-refractivity contribution in [2.45, 2.75) is 19.6 Å². The van der Waals surface area contributed by atoms with Gasteiger partial charge in [0.25, 0.3) is 0 Å². The molecule has 17 heavy (non-hydrogen) atoms. The van der Waals surface area contributed by atoms with Crippen LogP contribution in [0.15, 0.2) is 6.07 Å². The molecule has 0 aromatic heterocycles. The molecule has 0 aliphatic carbocycles. The number of carboxylic acid groups (broad SMARTS) is 1. The van der Waals surface area contributed by atoms with Crippen LogP contribution in [0.2, 0.25) is 19.6 Å². The lowest BCUT2D eigenvalue weighted by Gasteiger charge is -2.19. The number of anilines is 1. The molecule has 0 atom stereocenters. The third-order valence-electron chi connectivity index (χ3n) is 2.15. The monoisotopic (exact) mass is 263 g/mol. The van der Waals surface area contributed by atoms with Crippen molar-refractivity contribution >= 4 is 25.0 Å². The van der Waals surface area contributed by atoms with Gasteiger partial charge in [-0.05, 0) is 0 Å². The van der Waals surface area contributed by atoms with E-state index in [1.54, 1.807) is 25.0 Å². The number of carbonyl (C=O) groups is 1. The quantitative estimate of drug-likeness (QED) is 0.636. The maximum absolute atomic E-state index is 13.7. The lowest BCUT2D eigenvalue weighted by Crippen LogP contribution is -2.43. The topological polar surface area (TPSA) is 49.3 Å². The summed E-state index contributed by atoms with van der Waals surface area (Å²) in [4.78, 5) is 10.3. The largest absolute Gasteiger partial charge is 0.465 e. The maximum atomic E-state index is 13.7. The number of amides is 1. The summed E-state index contributed by atoms with van der Waals surface area (Å²) in [6.45, 7) is 4.99. The molecule has 0 aliphatic heterocycles. The molecule has 1 amide bonds. The van der Waals surface area contributed by atoms with E-state index < -0.39 is 37.3 Å². The molecule has 0 aliphatic rings. The first-order chi connectivity index (χ1) is 7.64. The zero-order valence-electron chi connectivity index (χ0n) is 9.57. The smallest absolute Gasteiger partial charge is 0.409 e. The van der Waals surface area contributed by atoms with Crippen LogP contribution in [0.3, 0.4) is 0 Å². The Bertz CT molecular complexity index is 472. The number of benzene rings is 1. The van der Waals surface area contributed by atoms with Gasteiger partial charge in [-0.2, -0.15) is 0 Å². The maximum Gasteiger partial charge on any atom is 0.409 e. The van der Waals surface area contributed by atoms with Gasteiger partial charge in [-0.25, -0.2) is 18.0 Å². The molecule has 94 valence electrons. The molecule has 1 rings (SSSR count). The molecule has 7 heteroatoms. The van der Waals surface area contributed by atoms with E-state index in [0.717, 1.165) is 0 Å². The molecule has 0 spiro atoms. The summed E-state index contributed by atoms with van der Waals surface area (Å²) in [6.07, 6.45) is -1.58. The second-order valence-corrected chi connectivity index (χ2v) is 9.59. The van der Waals surface area contributed by atoms with Gasteiger partial charge in [0.05, 0.1) is 13.8 Å². The summed E-state index contributed by atoms with van der Waals surface area (Å²) >= 11 is 0. The van der Waals surface area contributed by atoms with Gasteiger partial charge in [-0.1, -0.05) is 19.6 Å². The lowest BCUT2D eigenvalue weighted by molar-refractivity contribution is 0.209. The van der Waals surface area contributed by atoms with Gasteiger partial charge >= 0.3 is 6.09 Å². The number of hydrogen-bond acceptors (Lipinski definition) is 1. The number of nitrogens with one attached hydrogen (secondary N) is 1. The minimum Gasteiger partial charge on any atom is -0.465 e. The third kappa shape index (κ3) is 2.79. The van der Waals surface area contributed by atoms with Crippen molar-refractivity contribution in [2.24, 2.45) is 0 Å². The van der Waals surface area contributed by atoms with Gasteiger partial charge in [0, 0.05) is 11.3 Å². The summed E-state index contributed by atoms with van der Waals surface area (Å²) < 4.78 is 40.8. The minimum absolute atomic E-state index is 0.272. The third-order valence-corrected chi connectivity index (χ3v) is 4.11. The van der Waals surface area contributed by atoms with Gasteiger partial charge in [0.15, 0.2) is 11.6 Å². The molecular weight excluding hydrogens is 251 g/mol. The molecule has 0 saturated carbocycles. The summed E-state index contributed by atoms with van der Waals surface area (Å²) in [7, 11) is -2.38. The fourth-order valence-corrected chi connectivity index (χ4v) is 3.05. The van der Waals surface area contributed by atoms with Crippen LogP contribution in [0.5, 0.6) is 0 Å². The average Bonchev–Trinajstić information content (AvgIpc) is 2.10. The van der Waals surface area contributed by atoms with Crippen LogP contribution in [0, 0.1) is 17.5 Å². The first-order valence-corrected chi connectivity index (χ1v) is 8.32. The SMILES string of the molecule is C[Si](C)(C)c1c(F)cc(NC(=O)O)c(F)c1F. The Balaban J connectivity index is 3.42.